The highest BCUT2D eigenvalue weighted by Gasteiger charge is 2.15. The van der Waals surface area contributed by atoms with Gasteiger partial charge in [0.1, 0.15) is 0 Å². The van der Waals surface area contributed by atoms with Crippen molar-refractivity contribution in [2.75, 3.05) is 11.9 Å². The van der Waals surface area contributed by atoms with Crippen LogP contribution in [-0.2, 0) is 6.42 Å². The molecular formula is C16H12ClN3O. The van der Waals surface area contributed by atoms with Gasteiger partial charge in [-0.05, 0) is 42.3 Å². The Labute approximate surface area is 126 Å². The Kier molecular flexibility index (Phi) is 2.89. The minimum absolute atomic E-state index is 0.527. The molecule has 5 heteroatoms. The predicted molar refractivity (Wildman–Crippen MR) is 82.4 cm³/mol. The van der Waals surface area contributed by atoms with Crippen LogP contribution in [0.5, 0.6) is 0 Å². The summed E-state index contributed by atoms with van der Waals surface area (Å²) in [6, 6.07) is 13.6. The number of nitrogens with zero attached hydrogens (tertiary/aromatic N) is 2. The van der Waals surface area contributed by atoms with Gasteiger partial charge in [0.15, 0.2) is 0 Å². The average Bonchev–Trinajstić information content (AvgIpc) is 3.15. The monoisotopic (exact) mass is 297 g/mol. The summed E-state index contributed by atoms with van der Waals surface area (Å²) in [6.45, 7) is 0.983. The van der Waals surface area contributed by atoms with E-state index >= 15 is 0 Å². The molecule has 3 aromatic rings. The van der Waals surface area contributed by atoms with Crippen LogP contribution in [0.4, 0.5) is 5.69 Å². The van der Waals surface area contributed by atoms with Gasteiger partial charge in [-0.3, -0.25) is 0 Å². The van der Waals surface area contributed by atoms with E-state index in [0.29, 0.717) is 16.7 Å². The van der Waals surface area contributed by atoms with Crippen LogP contribution in [0.15, 0.2) is 47.0 Å². The van der Waals surface area contributed by atoms with Crippen molar-refractivity contribution in [2.24, 2.45) is 0 Å². The van der Waals surface area contributed by atoms with Gasteiger partial charge in [-0.15, -0.1) is 0 Å². The third-order valence-electron chi connectivity index (χ3n) is 3.57. The standard InChI is InChI=1S/C16H12ClN3O/c17-13-3-1-2-11(9-13)15-19-16(21-20-15)12-4-5-14-10(8-12)6-7-18-14/h1-5,8-9,18H,6-7H2. The van der Waals surface area contributed by atoms with Gasteiger partial charge in [0, 0.05) is 28.4 Å². The molecule has 0 atom stereocenters. The van der Waals surface area contributed by atoms with E-state index in [2.05, 4.69) is 27.6 Å². The molecule has 1 aliphatic rings. The number of rotatable bonds is 2. The summed E-state index contributed by atoms with van der Waals surface area (Å²) in [6.07, 6.45) is 1.03. The van der Waals surface area contributed by atoms with Crippen LogP contribution < -0.4 is 5.32 Å². The van der Waals surface area contributed by atoms with Crippen molar-refractivity contribution in [1.82, 2.24) is 10.1 Å². The molecule has 2 heterocycles. The maximum Gasteiger partial charge on any atom is 0.258 e. The molecule has 0 spiro atoms. The van der Waals surface area contributed by atoms with Crippen LogP contribution in [0.3, 0.4) is 0 Å². The molecule has 0 saturated heterocycles. The second kappa shape index (κ2) is 4.90. The highest BCUT2D eigenvalue weighted by molar-refractivity contribution is 6.30. The van der Waals surface area contributed by atoms with Gasteiger partial charge in [-0.25, -0.2) is 0 Å². The van der Waals surface area contributed by atoms with Crippen molar-refractivity contribution in [3.8, 4) is 22.8 Å². The molecule has 0 amide bonds. The Morgan fingerprint density at radius 1 is 1.10 bits per heavy atom. The zero-order valence-corrected chi connectivity index (χ0v) is 11.9. The first-order valence-electron chi connectivity index (χ1n) is 6.76. The van der Waals surface area contributed by atoms with E-state index in [-0.39, 0.29) is 0 Å². The number of nitrogens with one attached hydrogen (secondary N) is 1. The molecule has 21 heavy (non-hydrogen) atoms. The van der Waals surface area contributed by atoms with Gasteiger partial charge < -0.3 is 9.84 Å². The largest absolute Gasteiger partial charge is 0.384 e. The Bertz CT molecular complexity index is 813. The van der Waals surface area contributed by atoms with Gasteiger partial charge in [0.2, 0.25) is 5.82 Å². The Morgan fingerprint density at radius 3 is 2.95 bits per heavy atom. The third kappa shape index (κ3) is 2.28. The zero-order chi connectivity index (χ0) is 14.2. The van der Waals surface area contributed by atoms with Crippen LogP contribution in [0.2, 0.25) is 5.02 Å². The normalized spacial score (nSPS) is 13.0. The van der Waals surface area contributed by atoms with E-state index in [1.807, 2.05) is 30.3 Å². The SMILES string of the molecule is Clc1cccc(-c2noc(-c3ccc4c(c3)CCN4)n2)c1. The van der Waals surface area contributed by atoms with Crippen LogP contribution in [0, 0.1) is 0 Å². The fourth-order valence-electron chi connectivity index (χ4n) is 2.52. The smallest absolute Gasteiger partial charge is 0.258 e. The molecule has 4 nitrogen and oxygen atoms in total. The lowest BCUT2D eigenvalue weighted by molar-refractivity contribution is 0.432. The number of aromatic nitrogens is 2. The van der Waals surface area contributed by atoms with E-state index in [1.54, 1.807) is 0 Å². The second-order valence-corrected chi connectivity index (χ2v) is 5.42. The Morgan fingerprint density at radius 2 is 2.05 bits per heavy atom. The Balaban J connectivity index is 1.71. The van der Waals surface area contributed by atoms with Crippen molar-refractivity contribution >= 4 is 17.3 Å². The first kappa shape index (κ1) is 12.4. The molecule has 0 fully saturated rings. The second-order valence-electron chi connectivity index (χ2n) is 4.98. The van der Waals surface area contributed by atoms with E-state index in [9.17, 15) is 0 Å². The first-order chi connectivity index (χ1) is 10.3. The summed E-state index contributed by atoms with van der Waals surface area (Å²) in [5.74, 6) is 1.07. The van der Waals surface area contributed by atoms with Gasteiger partial charge >= 0.3 is 0 Å². The summed E-state index contributed by atoms with van der Waals surface area (Å²) in [7, 11) is 0. The number of benzene rings is 2. The first-order valence-corrected chi connectivity index (χ1v) is 7.14. The predicted octanol–water partition coefficient (Wildman–Crippen LogP) is 4.03. The Hall–Kier alpha value is -2.33. The minimum atomic E-state index is 0.527. The maximum absolute atomic E-state index is 5.99. The van der Waals surface area contributed by atoms with Crippen molar-refractivity contribution in [1.29, 1.82) is 0 Å². The van der Waals surface area contributed by atoms with Crippen LogP contribution in [0.25, 0.3) is 22.8 Å². The molecule has 1 aliphatic heterocycles. The van der Waals surface area contributed by atoms with E-state index in [1.165, 1.54) is 11.3 Å². The van der Waals surface area contributed by atoms with Gasteiger partial charge in [0.25, 0.3) is 5.89 Å². The van der Waals surface area contributed by atoms with Crippen molar-refractivity contribution in [3.63, 3.8) is 0 Å². The number of halogens is 1. The molecule has 1 aromatic heterocycles. The van der Waals surface area contributed by atoms with Crippen molar-refractivity contribution in [2.45, 2.75) is 6.42 Å². The van der Waals surface area contributed by atoms with Gasteiger partial charge in [-0.1, -0.05) is 28.9 Å². The van der Waals surface area contributed by atoms with E-state index < -0.39 is 0 Å². The van der Waals surface area contributed by atoms with Crippen LogP contribution in [-0.4, -0.2) is 16.7 Å². The van der Waals surface area contributed by atoms with Gasteiger partial charge in [-0.2, -0.15) is 4.98 Å². The lowest BCUT2D eigenvalue weighted by Crippen LogP contribution is -1.90. The summed E-state index contributed by atoms with van der Waals surface area (Å²) < 4.78 is 5.38. The molecule has 4 rings (SSSR count). The quantitative estimate of drug-likeness (QED) is 0.776. The fraction of sp³-hybridized carbons (Fsp3) is 0.125. The topological polar surface area (TPSA) is 51.0 Å². The van der Waals surface area contributed by atoms with E-state index in [0.717, 1.165) is 24.1 Å². The molecular weight excluding hydrogens is 286 g/mol. The summed E-state index contributed by atoms with van der Waals surface area (Å²) in [5, 5.41) is 8.03. The summed E-state index contributed by atoms with van der Waals surface area (Å²) >= 11 is 5.99. The molecule has 0 aliphatic carbocycles. The zero-order valence-electron chi connectivity index (χ0n) is 11.1. The summed E-state index contributed by atoms with van der Waals surface area (Å²) in [5.41, 5.74) is 4.27. The lowest BCUT2D eigenvalue weighted by atomic mass is 10.1. The lowest BCUT2D eigenvalue weighted by Gasteiger charge is -2.00. The van der Waals surface area contributed by atoms with E-state index in [4.69, 9.17) is 16.1 Å². The minimum Gasteiger partial charge on any atom is -0.384 e. The molecule has 2 aromatic carbocycles. The molecule has 104 valence electrons. The molecule has 0 unspecified atom stereocenters. The number of hydrogen-bond acceptors (Lipinski definition) is 4. The molecule has 0 saturated carbocycles. The fourth-order valence-corrected chi connectivity index (χ4v) is 2.71. The van der Waals surface area contributed by atoms with Crippen molar-refractivity contribution < 1.29 is 4.52 Å². The van der Waals surface area contributed by atoms with Crippen molar-refractivity contribution in [3.05, 3.63) is 53.1 Å². The highest BCUT2D eigenvalue weighted by Crippen LogP contribution is 2.29. The molecule has 0 radical (unpaired) electrons. The number of fused-ring (bicyclic) bond motifs is 1. The van der Waals surface area contributed by atoms with Gasteiger partial charge in [0.05, 0.1) is 0 Å². The average molecular weight is 298 g/mol. The number of hydrogen-bond donors (Lipinski definition) is 1. The maximum atomic E-state index is 5.99. The van der Waals surface area contributed by atoms with Crippen LogP contribution in [0.1, 0.15) is 5.56 Å². The third-order valence-corrected chi connectivity index (χ3v) is 3.81. The molecule has 1 N–H and O–H groups in total. The van der Waals surface area contributed by atoms with Crippen LogP contribution >= 0.6 is 11.6 Å². The summed E-state index contributed by atoms with van der Waals surface area (Å²) in [4.78, 5) is 4.46. The molecule has 0 bridgehead atoms. The highest BCUT2D eigenvalue weighted by atomic mass is 35.5. The number of anilines is 1.